The average Bonchev–Trinajstić information content (AvgIpc) is 2.58. The fourth-order valence-corrected chi connectivity index (χ4v) is 1.09. The summed E-state index contributed by atoms with van der Waals surface area (Å²) in [6.45, 7) is -0.754. The molecule has 0 saturated heterocycles. The summed E-state index contributed by atoms with van der Waals surface area (Å²) in [5.41, 5.74) is 4.65. The minimum atomic E-state index is -1.44. The summed E-state index contributed by atoms with van der Waals surface area (Å²) in [5, 5.41) is 20.2. The van der Waals surface area contributed by atoms with E-state index in [1.54, 1.807) is 0 Å². The van der Waals surface area contributed by atoms with Crippen molar-refractivity contribution in [1.82, 2.24) is 9.36 Å². The zero-order valence-corrected chi connectivity index (χ0v) is 8.47. The van der Waals surface area contributed by atoms with E-state index in [0.717, 1.165) is 11.5 Å². The van der Waals surface area contributed by atoms with Gasteiger partial charge in [0.25, 0.3) is 0 Å². The number of rotatable bonds is 5. The molecule has 0 radical (unpaired) electrons. The van der Waals surface area contributed by atoms with Crippen molar-refractivity contribution in [3.8, 4) is 0 Å². The van der Waals surface area contributed by atoms with E-state index in [1.807, 2.05) is 0 Å². The summed E-state index contributed by atoms with van der Waals surface area (Å²) in [4.78, 5) is 28.7. The number of aromatic nitrogens is 2. The van der Waals surface area contributed by atoms with E-state index in [1.165, 1.54) is 0 Å². The quantitative estimate of drug-likeness (QED) is 0.443. The Balaban J connectivity index is 2.83. The van der Waals surface area contributed by atoms with Crippen LogP contribution in [-0.2, 0) is 14.4 Å². The Kier molecular flexibility index (Phi) is 3.72. The smallest absolute Gasteiger partial charge is 0.362 e. The number of nitrogens with zero attached hydrogens (tertiary/aromatic N) is 3. The number of carbonyl (C=O) groups is 2. The minimum Gasteiger partial charge on any atom is -0.479 e. The molecule has 16 heavy (non-hydrogen) atoms. The predicted octanol–water partition coefficient (Wildman–Crippen LogP) is -0.990. The van der Waals surface area contributed by atoms with E-state index >= 15 is 0 Å². The number of carboxylic acids is 2. The SMILES string of the molecule is Nc1nc(/C(=N/OCC(=O)O)C(=O)O)ns1. The summed E-state index contributed by atoms with van der Waals surface area (Å²) >= 11 is 0.791. The maximum absolute atomic E-state index is 10.7. The van der Waals surface area contributed by atoms with Gasteiger partial charge in [0.15, 0.2) is 5.13 Å². The Morgan fingerprint density at radius 1 is 1.50 bits per heavy atom. The standard InChI is InChI=1S/C6H6N4O5S/c7-6-8-4(10-16-6)3(5(13)14)9-15-1-2(11)12/h1H2,(H,11,12)(H,13,14)(H2,7,8,10)/b9-3-. The lowest BCUT2D eigenvalue weighted by atomic mass is 10.4. The van der Waals surface area contributed by atoms with Crippen molar-refractivity contribution in [2.24, 2.45) is 5.16 Å². The molecule has 0 aromatic carbocycles. The van der Waals surface area contributed by atoms with Gasteiger partial charge in [-0.05, 0) is 0 Å². The number of oxime groups is 1. The van der Waals surface area contributed by atoms with Gasteiger partial charge in [-0.2, -0.15) is 9.36 Å². The fourth-order valence-electron chi connectivity index (χ4n) is 0.659. The molecule has 1 rings (SSSR count). The van der Waals surface area contributed by atoms with Gasteiger partial charge in [0.2, 0.25) is 18.1 Å². The van der Waals surface area contributed by atoms with Gasteiger partial charge in [0.1, 0.15) is 0 Å². The Labute approximate surface area is 92.3 Å². The Bertz CT molecular complexity index is 442. The molecular weight excluding hydrogens is 240 g/mol. The highest BCUT2D eigenvalue weighted by Crippen LogP contribution is 2.07. The highest BCUT2D eigenvalue weighted by Gasteiger charge is 2.19. The van der Waals surface area contributed by atoms with Crippen LogP contribution in [0.4, 0.5) is 5.13 Å². The summed E-state index contributed by atoms with van der Waals surface area (Å²) in [5.74, 6) is -2.94. The maximum atomic E-state index is 10.7. The van der Waals surface area contributed by atoms with E-state index < -0.39 is 24.3 Å². The normalized spacial score (nSPS) is 11.1. The first kappa shape index (κ1) is 11.8. The minimum absolute atomic E-state index is 0.0715. The monoisotopic (exact) mass is 246 g/mol. The fraction of sp³-hybridized carbons (Fsp3) is 0.167. The molecule has 0 aliphatic carbocycles. The topological polar surface area (TPSA) is 148 Å². The number of hydrogen-bond donors (Lipinski definition) is 3. The second-order valence-corrected chi connectivity index (χ2v) is 3.15. The van der Waals surface area contributed by atoms with Gasteiger partial charge >= 0.3 is 11.9 Å². The predicted molar refractivity (Wildman–Crippen MR) is 52.1 cm³/mol. The summed E-state index contributed by atoms with van der Waals surface area (Å²) in [7, 11) is 0. The molecule has 1 aromatic heterocycles. The van der Waals surface area contributed by atoms with Gasteiger partial charge in [-0.1, -0.05) is 5.16 Å². The molecule has 0 aliphatic rings. The molecule has 9 nitrogen and oxygen atoms in total. The zero-order valence-electron chi connectivity index (χ0n) is 7.65. The van der Waals surface area contributed by atoms with Gasteiger partial charge in [-0.25, -0.2) is 9.59 Å². The molecule has 0 aliphatic heterocycles. The molecule has 4 N–H and O–H groups in total. The average molecular weight is 246 g/mol. The Morgan fingerprint density at radius 3 is 2.62 bits per heavy atom. The van der Waals surface area contributed by atoms with Gasteiger partial charge < -0.3 is 20.8 Å². The van der Waals surface area contributed by atoms with Gasteiger partial charge in [-0.15, -0.1) is 0 Å². The molecule has 0 amide bonds. The first-order valence-electron chi connectivity index (χ1n) is 3.75. The summed E-state index contributed by atoms with van der Waals surface area (Å²) in [6.07, 6.45) is 0. The largest absolute Gasteiger partial charge is 0.479 e. The molecule has 1 aromatic rings. The number of carboxylic acid groups (broad SMARTS) is 2. The van der Waals surface area contributed by atoms with E-state index in [9.17, 15) is 9.59 Å². The zero-order chi connectivity index (χ0) is 12.1. The van der Waals surface area contributed by atoms with Crippen molar-refractivity contribution < 1.29 is 24.6 Å². The first-order chi connectivity index (χ1) is 7.50. The van der Waals surface area contributed by atoms with E-state index in [0.29, 0.717) is 0 Å². The van der Waals surface area contributed by atoms with Gasteiger partial charge in [-0.3, -0.25) is 0 Å². The molecule has 0 bridgehead atoms. The van der Waals surface area contributed by atoms with Crippen LogP contribution in [0.5, 0.6) is 0 Å². The number of nitrogens with two attached hydrogens (primary N) is 1. The van der Waals surface area contributed by atoms with Crippen LogP contribution in [0.25, 0.3) is 0 Å². The first-order valence-corrected chi connectivity index (χ1v) is 4.52. The van der Waals surface area contributed by atoms with Gasteiger partial charge in [0.05, 0.1) is 0 Å². The van der Waals surface area contributed by atoms with Crippen LogP contribution < -0.4 is 5.73 Å². The van der Waals surface area contributed by atoms with Crippen LogP contribution in [0.1, 0.15) is 5.82 Å². The number of nitrogen functional groups attached to an aromatic ring is 1. The summed E-state index contributed by atoms with van der Waals surface area (Å²) < 4.78 is 3.60. The molecule has 0 spiro atoms. The lowest BCUT2D eigenvalue weighted by Gasteiger charge is -1.96. The van der Waals surface area contributed by atoms with Crippen LogP contribution >= 0.6 is 11.5 Å². The van der Waals surface area contributed by atoms with E-state index in [-0.39, 0.29) is 11.0 Å². The lowest BCUT2D eigenvalue weighted by molar-refractivity contribution is -0.142. The third kappa shape index (κ3) is 3.16. The van der Waals surface area contributed by atoms with Crippen LogP contribution in [0.3, 0.4) is 0 Å². The van der Waals surface area contributed by atoms with Crippen molar-refractivity contribution in [2.75, 3.05) is 12.3 Å². The van der Waals surface area contributed by atoms with E-state index in [4.69, 9.17) is 15.9 Å². The van der Waals surface area contributed by atoms with E-state index in [2.05, 4.69) is 19.4 Å². The third-order valence-corrected chi connectivity index (χ3v) is 1.74. The van der Waals surface area contributed by atoms with Crippen LogP contribution in [0.15, 0.2) is 5.16 Å². The van der Waals surface area contributed by atoms with Crippen molar-refractivity contribution in [3.63, 3.8) is 0 Å². The van der Waals surface area contributed by atoms with Crippen molar-refractivity contribution in [1.29, 1.82) is 0 Å². The summed E-state index contributed by atoms with van der Waals surface area (Å²) in [6, 6.07) is 0. The molecule has 0 unspecified atom stereocenters. The third-order valence-electron chi connectivity index (χ3n) is 1.20. The van der Waals surface area contributed by atoms with Crippen LogP contribution in [0, 0.1) is 0 Å². The molecule has 0 saturated carbocycles. The Hall–Kier alpha value is -2.23. The highest BCUT2D eigenvalue weighted by molar-refractivity contribution is 7.09. The molecule has 1 heterocycles. The molecular formula is C6H6N4O5S. The highest BCUT2D eigenvalue weighted by atomic mass is 32.1. The van der Waals surface area contributed by atoms with Gasteiger partial charge in [0, 0.05) is 11.5 Å². The molecule has 86 valence electrons. The van der Waals surface area contributed by atoms with Crippen LogP contribution in [-0.4, -0.2) is 43.8 Å². The number of anilines is 1. The Morgan fingerprint density at radius 2 is 2.19 bits per heavy atom. The second kappa shape index (κ2) is 5.02. The number of aliphatic carboxylic acids is 2. The lowest BCUT2D eigenvalue weighted by Crippen LogP contribution is -2.17. The van der Waals surface area contributed by atoms with Crippen molar-refractivity contribution in [2.45, 2.75) is 0 Å². The van der Waals surface area contributed by atoms with Crippen molar-refractivity contribution >= 4 is 34.3 Å². The second-order valence-electron chi connectivity index (χ2n) is 2.37. The van der Waals surface area contributed by atoms with Crippen LogP contribution in [0.2, 0.25) is 0 Å². The molecule has 0 atom stereocenters. The molecule has 10 heteroatoms. The maximum Gasteiger partial charge on any atom is 0.362 e. The molecule has 0 fully saturated rings. The number of hydrogen-bond acceptors (Lipinski definition) is 8. The van der Waals surface area contributed by atoms with Crippen molar-refractivity contribution in [3.05, 3.63) is 5.82 Å².